The first-order valence-corrected chi connectivity index (χ1v) is 7.35. The van der Waals surface area contributed by atoms with Gasteiger partial charge in [-0.15, -0.1) is 0 Å². The van der Waals surface area contributed by atoms with Gasteiger partial charge in [-0.05, 0) is 51.5 Å². The second-order valence-corrected chi connectivity index (χ2v) is 6.99. The molecule has 2 fully saturated rings. The molecule has 0 spiro atoms. The summed E-state index contributed by atoms with van der Waals surface area (Å²) in [6.07, 6.45) is 3.04. The Morgan fingerprint density at radius 2 is 1.84 bits per heavy atom. The minimum atomic E-state index is -0.604. The fraction of sp³-hybridized carbons (Fsp3) is 0.647. The highest BCUT2D eigenvalue weighted by Gasteiger charge is 2.52. The van der Waals surface area contributed by atoms with Crippen molar-refractivity contribution in [3.05, 3.63) is 35.9 Å². The normalized spacial score (nSPS) is 40.9. The molecule has 0 amide bonds. The molecule has 1 saturated heterocycles. The average molecular weight is 260 g/mol. The van der Waals surface area contributed by atoms with Gasteiger partial charge in [-0.25, -0.2) is 0 Å². The second kappa shape index (κ2) is 4.32. The minimum Gasteiger partial charge on any atom is -0.390 e. The number of rotatable bonds is 1. The van der Waals surface area contributed by atoms with Crippen LogP contribution in [0, 0.1) is 11.8 Å². The van der Waals surface area contributed by atoms with Gasteiger partial charge in [-0.3, -0.25) is 0 Å². The van der Waals surface area contributed by atoms with Crippen molar-refractivity contribution in [3.63, 3.8) is 0 Å². The summed E-state index contributed by atoms with van der Waals surface area (Å²) in [4.78, 5) is 0. The number of hydrogen-bond donors (Lipinski definition) is 1. The first kappa shape index (κ1) is 13.1. The van der Waals surface area contributed by atoms with E-state index in [1.165, 1.54) is 5.56 Å². The van der Waals surface area contributed by atoms with Crippen LogP contribution in [0.2, 0.25) is 0 Å². The molecule has 4 atom stereocenters. The number of fused-ring (bicyclic) bond motifs is 2. The van der Waals surface area contributed by atoms with Crippen LogP contribution >= 0.6 is 0 Å². The van der Waals surface area contributed by atoms with Crippen molar-refractivity contribution in [1.29, 1.82) is 0 Å². The van der Waals surface area contributed by atoms with Gasteiger partial charge in [0.1, 0.15) is 0 Å². The summed E-state index contributed by atoms with van der Waals surface area (Å²) in [5.41, 5.74) is 0.502. The highest BCUT2D eigenvalue weighted by atomic mass is 16.5. The van der Waals surface area contributed by atoms with E-state index in [4.69, 9.17) is 4.74 Å². The van der Waals surface area contributed by atoms with Crippen LogP contribution in [0.1, 0.15) is 51.7 Å². The predicted octanol–water partition coefficient (Wildman–Crippen LogP) is 3.70. The fourth-order valence-corrected chi connectivity index (χ4v) is 3.86. The van der Waals surface area contributed by atoms with E-state index in [0.717, 1.165) is 19.3 Å². The molecule has 2 heteroatoms. The lowest BCUT2D eigenvalue weighted by molar-refractivity contribution is -0.232. The highest BCUT2D eigenvalue weighted by Crippen LogP contribution is 2.54. The zero-order valence-corrected chi connectivity index (χ0v) is 12.1. The minimum absolute atomic E-state index is 0.0164. The smallest absolute Gasteiger partial charge is 0.0887 e. The molecule has 2 nitrogen and oxygen atoms in total. The van der Waals surface area contributed by atoms with Crippen molar-refractivity contribution >= 4 is 0 Å². The Morgan fingerprint density at radius 1 is 1.16 bits per heavy atom. The van der Waals surface area contributed by atoms with E-state index in [1.54, 1.807) is 0 Å². The molecule has 1 aromatic carbocycles. The fourth-order valence-electron chi connectivity index (χ4n) is 3.86. The van der Waals surface area contributed by atoms with Crippen LogP contribution in [0.4, 0.5) is 0 Å². The van der Waals surface area contributed by atoms with E-state index < -0.39 is 5.60 Å². The van der Waals surface area contributed by atoms with Crippen molar-refractivity contribution in [2.24, 2.45) is 11.8 Å². The van der Waals surface area contributed by atoms with Gasteiger partial charge < -0.3 is 9.84 Å². The Morgan fingerprint density at radius 3 is 2.53 bits per heavy atom. The summed E-state index contributed by atoms with van der Waals surface area (Å²) in [5.74, 6) is 0.777. The maximum absolute atomic E-state index is 10.7. The lowest BCUT2D eigenvalue weighted by atomic mass is 9.62. The molecule has 1 aliphatic carbocycles. The van der Waals surface area contributed by atoms with E-state index in [0.29, 0.717) is 5.92 Å². The highest BCUT2D eigenvalue weighted by molar-refractivity contribution is 5.21. The summed E-state index contributed by atoms with van der Waals surface area (Å²) >= 11 is 0. The Kier molecular flexibility index (Phi) is 2.99. The maximum atomic E-state index is 10.7. The molecule has 0 unspecified atom stereocenters. The van der Waals surface area contributed by atoms with Crippen molar-refractivity contribution < 1.29 is 9.84 Å². The molecule has 1 saturated carbocycles. The molecule has 2 aliphatic rings. The van der Waals surface area contributed by atoms with Gasteiger partial charge in [0.25, 0.3) is 0 Å². The largest absolute Gasteiger partial charge is 0.390 e. The van der Waals surface area contributed by atoms with Crippen LogP contribution in [-0.2, 0) is 4.74 Å². The summed E-state index contributed by atoms with van der Waals surface area (Å²) in [6.45, 7) is 6.37. The Bertz CT molecular complexity index is 448. The van der Waals surface area contributed by atoms with Gasteiger partial charge in [0.2, 0.25) is 0 Å². The molecular weight excluding hydrogens is 236 g/mol. The van der Waals surface area contributed by atoms with Crippen LogP contribution < -0.4 is 0 Å². The van der Waals surface area contributed by atoms with Gasteiger partial charge in [-0.2, -0.15) is 0 Å². The molecule has 1 aliphatic heterocycles. The van der Waals surface area contributed by atoms with Crippen molar-refractivity contribution in [3.8, 4) is 0 Å². The van der Waals surface area contributed by atoms with Crippen LogP contribution in [0.5, 0.6) is 0 Å². The summed E-state index contributed by atoms with van der Waals surface area (Å²) in [5, 5.41) is 10.7. The molecule has 104 valence electrons. The van der Waals surface area contributed by atoms with E-state index in [9.17, 15) is 5.11 Å². The molecule has 0 radical (unpaired) electrons. The van der Waals surface area contributed by atoms with Crippen molar-refractivity contribution in [1.82, 2.24) is 0 Å². The topological polar surface area (TPSA) is 29.5 Å². The maximum Gasteiger partial charge on any atom is 0.0887 e. The van der Waals surface area contributed by atoms with Gasteiger partial charge in [-0.1, -0.05) is 30.3 Å². The Balaban J connectivity index is 1.98. The molecule has 1 N–H and O–H groups in total. The summed E-state index contributed by atoms with van der Waals surface area (Å²) in [6, 6.07) is 10.4. The third kappa shape index (κ3) is 2.21. The first-order valence-electron chi connectivity index (χ1n) is 7.35. The lowest BCUT2D eigenvalue weighted by Gasteiger charge is -2.55. The molecule has 19 heavy (non-hydrogen) atoms. The van der Waals surface area contributed by atoms with Gasteiger partial charge in [0.05, 0.1) is 17.3 Å². The van der Waals surface area contributed by atoms with E-state index in [1.807, 2.05) is 13.0 Å². The monoisotopic (exact) mass is 260 g/mol. The van der Waals surface area contributed by atoms with E-state index >= 15 is 0 Å². The van der Waals surface area contributed by atoms with Crippen LogP contribution in [0.3, 0.4) is 0 Å². The van der Waals surface area contributed by atoms with Gasteiger partial charge in [0.15, 0.2) is 0 Å². The molecule has 1 aromatic rings. The third-order valence-electron chi connectivity index (χ3n) is 5.24. The Hall–Kier alpha value is -0.860. The van der Waals surface area contributed by atoms with Crippen LogP contribution in [-0.4, -0.2) is 16.3 Å². The molecular formula is C17H24O2. The van der Waals surface area contributed by atoms with E-state index in [2.05, 4.69) is 38.1 Å². The zero-order valence-electron chi connectivity index (χ0n) is 12.1. The number of ether oxygens (including phenoxy) is 1. The van der Waals surface area contributed by atoms with Gasteiger partial charge in [0, 0.05) is 5.92 Å². The molecule has 3 rings (SSSR count). The van der Waals surface area contributed by atoms with Gasteiger partial charge >= 0.3 is 0 Å². The summed E-state index contributed by atoms with van der Waals surface area (Å²) in [7, 11) is 0. The number of benzene rings is 1. The van der Waals surface area contributed by atoms with Crippen molar-refractivity contribution in [2.45, 2.75) is 57.3 Å². The Labute approximate surface area is 115 Å². The van der Waals surface area contributed by atoms with Crippen LogP contribution in [0.25, 0.3) is 0 Å². The number of hydrogen-bond acceptors (Lipinski definition) is 2. The lowest BCUT2D eigenvalue weighted by Crippen LogP contribution is -2.54. The molecule has 2 bridgehead atoms. The van der Waals surface area contributed by atoms with Crippen LogP contribution in [0.15, 0.2) is 30.3 Å². The van der Waals surface area contributed by atoms with E-state index in [-0.39, 0.29) is 17.6 Å². The average Bonchev–Trinajstić information content (AvgIpc) is 2.36. The standard InChI is InChI=1S/C17H24O2/c1-16(2)13-9-10-17(3,18)14(11-13)15(19-16)12-7-5-4-6-8-12/h4-8,13-15,18H,9-11H2,1-3H3/t13-,14+,15-,17-/m1/s1. The summed E-state index contributed by atoms with van der Waals surface area (Å²) < 4.78 is 6.40. The second-order valence-electron chi connectivity index (χ2n) is 6.99. The number of aliphatic hydroxyl groups is 1. The quantitative estimate of drug-likeness (QED) is 0.834. The first-order chi connectivity index (χ1) is 8.90. The predicted molar refractivity (Wildman–Crippen MR) is 75.8 cm³/mol. The molecule has 1 heterocycles. The third-order valence-corrected chi connectivity index (χ3v) is 5.24. The SMILES string of the molecule is CC1(C)O[C@H](c2ccccc2)[C@@H]2C[C@H]1CC[C@@]2(C)O. The van der Waals surface area contributed by atoms with Crippen molar-refractivity contribution in [2.75, 3.05) is 0 Å². The zero-order chi connectivity index (χ0) is 13.7. The molecule has 0 aromatic heterocycles.